The monoisotopic (exact) mass is 805 g/mol. The quantitative estimate of drug-likeness (QED) is 0.109. The molecular weight excluding hydrogens is 728 g/mol. The van der Waals surface area contributed by atoms with Crippen LogP contribution in [0, 0.1) is 27.1 Å². The van der Waals surface area contributed by atoms with Gasteiger partial charge in [-0.2, -0.15) is 0 Å². The molecule has 0 atom stereocenters. The van der Waals surface area contributed by atoms with E-state index in [2.05, 4.69) is 0 Å². The highest BCUT2D eigenvalue weighted by Gasteiger charge is 2.29. The lowest BCUT2D eigenvalue weighted by Crippen LogP contribution is -2.26. The minimum atomic E-state index is -0.722. The molecule has 0 saturated heterocycles. The molecule has 0 aliphatic rings. The number of ether oxygens (including phenoxy) is 3. The third kappa shape index (κ3) is 25.6. The SMILES string of the molecule is CCC(C)(C)C(=O)O.CCC(C)(C)C(=O)O.CCC(C)(C)C(=O)OCCO.CCC(C)(C)C(=O)OCc1ccccc1.CCC(C)(C)C(=O)OCc1ccccc1. The number of carboxylic acids is 2. The van der Waals surface area contributed by atoms with Crippen LogP contribution in [0.1, 0.15) is 147 Å². The van der Waals surface area contributed by atoms with Crippen LogP contribution in [0.25, 0.3) is 0 Å². The summed E-state index contributed by atoms with van der Waals surface area (Å²) in [5.74, 6) is -1.95. The van der Waals surface area contributed by atoms with Crippen LogP contribution >= 0.6 is 0 Å². The Bertz CT molecular complexity index is 1330. The lowest BCUT2D eigenvalue weighted by atomic mass is 9.91. The lowest BCUT2D eigenvalue weighted by Gasteiger charge is -2.20. The van der Waals surface area contributed by atoms with Crippen LogP contribution in [-0.2, 0) is 51.4 Å². The molecule has 0 aliphatic carbocycles. The molecule has 0 saturated carbocycles. The van der Waals surface area contributed by atoms with Crippen molar-refractivity contribution >= 4 is 29.8 Å². The molecule has 0 unspecified atom stereocenters. The van der Waals surface area contributed by atoms with Crippen molar-refractivity contribution in [2.45, 2.75) is 149 Å². The minimum absolute atomic E-state index is 0.0995. The van der Waals surface area contributed by atoms with E-state index in [0.29, 0.717) is 26.1 Å². The molecule has 57 heavy (non-hydrogen) atoms. The van der Waals surface area contributed by atoms with Crippen LogP contribution in [0.15, 0.2) is 60.7 Å². The molecule has 326 valence electrons. The van der Waals surface area contributed by atoms with E-state index in [1.165, 1.54) is 0 Å². The summed E-state index contributed by atoms with van der Waals surface area (Å²) in [4.78, 5) is 54.9. The summed E-state index contributed by atoms with van der Waals surface area (Å²) >= 11 is 0. The van der Waals surface area contributed by atoms with E-state index in [1.54, 1.807) is 27.7 Å². The van der Waals surface area contributed by atoms with Gasteiger partial charge in [-0.3, -0.25) is 24.0 Å². The van der Waals surface area contributed by atoms with Crippen molar-refractivity contribution in [1.82, 2.24) is 0 Å². The Balaban J connectivity index is -0.000000657. The van der Waals surface area contributed by atoms with Crippen molar-refractivity contribution in [2.24, 2.45) is 27.1 Å². The average molecular weight is 805 g/mol. The largest absolute Gasteiger partial charge is 0.481 e. The van der Waals surface area contributed by atoms with Gasteiger partial charge in [0.05, 0.1) is 33.7 Å². The Morgan fingerprint density at radius 3 is 0.877 bits per heavy atom. The molecule has 0 fully saturated rings. The number of carboxylic acid groups (broad SMARTS) is 2. The van der Waals surface area contributed by atoms with E-state index >= 15 is 0 Å². The van der Waals surface area contributed by atoms with Crippen molar-refractivity contribution < 1.29 is 53.5 Å². The first kappa shape index (κ1) is 57.1. The lowest BCUT2D eigenvalue weighted by molar-refractivity contribution is -0.156. The molecule has 11 heteroatoms. The first-order valence-corrected chi connectivity index (χ1v) is 19.8. The highest BCUT2D eigenvalue weighted by molar-refractivity contribution is 5.77. The number of benzene rings is 2. The standard InChI is InChI=1S/2C13H18O2.C8H16O3.2C6H12O2/c2*1-4-13(2,3)12(14)15-10-11-8-6-5-7-9-11;1-4-8(2,3)7(10)11-6-5-9;2*1-4-6(2,3)5(7)8/h2*5-9H,4,10H2,1-3H3;9H,4-6H2,1-3H3;2*4H2,1-3H3,(H,7,8). The highest BCUT2D eigenvalue weighted by atomic mass is 16.5. The van der Waals surface area contributed by atoms with E-state index < -0.39 is 28.2 Å². The first-order valence-electron chi connectivity index (χ1n) is 19.8. The molecule has 11 nitrogen and oxygen atoms in total. The van der Waals surface area contributed by atoms with Gasteiger partial charge >= 0.3 is 29.8 Å². The van der Waals surface area contributed by atoms with Gasteiger partial charge in [-0.05, 0) is 112 Å². The summed E-state index contributed by atoms with van der Waals surface area (Å²) in [5, 5.41) is 25.3. The van der Waals surface area contributed by atoms with Crippen molar-refractivity contribution in [3.63, 3.8) is 0 Å². The van der Waals surface area contributed by atoms with Gasteiger partial charge in [-0.25, -0.2) is 0 Å². The third-order valence-corrected chi connectivity index (χ3v) is 9.99. The van der Waals surface area contributed by atoms with Crippen molar-refractivity contribution in [3.05, 3.63) is 71.8 Å². The molecule has 0 aromatic heterocycles. The van der Waals surface area contributed by atoms with Crippen LogP contribution in [0.3, 0.4) is 0 Å². The number of hydrogen-bond donors (Lipinski definition) is 3. The second-order valence-electron chi connectivity index (χ2n) is 16.8. The maximum atomic E-state index is 11.6. The van der Waals surface area contributed by atoms with Crippen molar-refractivity contribution in [2.75, 3.05) is 13.2 Å². The molecule has 0 heterocycles. The molecule has 2 rings (SSSR count). The number of rotatable bonds is 16. The molecule has 0 amide bonds. The smallest absolute Gasteiger partial charge is 0.311 e. The third-order valence-electron chi connectivity index (χ3n) is 9.99. The van der Waals surface area contributed by atoms with E-state index in [0.717, 1.165) is 30.4 Å². The van der Waals surface area contributed by atoms with Crippen LogP contribution in [0.4, 0.5) is 0 Å². The van der Waals surface area contributed by atoms with Gasteiger partial charge in [0.25, 0.3) is 0 Å². The molecular formula is C46H76O11. The fraction of sp³-hybridized carbons (Fsp3) is 0.630. The Morgan fingerprint density at radius 2 is 0.684 bits per heavy atom. The molecule has 3 N–H and O–H groups in total. The van der Waals surface area contributed by atoms with E-state index in [-0.39, 0.29) is 42.0 Å². The Morgan fingerprint density at radius 1 is 0.439 bits per heavy atom. The topological polar surface area (TPSA) is 174 Å². The summed E-state index contributed by atoms with van der Waals surface area (Å²) in [7, 11) is 0. The van der Waals surface area contributed by atoms with E-state index in [1.807, 2.05) is 137 Å². The molecule has 0 bridgehead atoms. The van der Waals surface area contributed by atoms with E-state index in [4.69, 9.17) is 29.5 Å². The number of carbonyl (C=O) groups excluding carboxylic acids is 3. The Labute approximate surface area is 343 Å². The van der Waals surface area contributed by atoms with Gasteiger partial charge in [-0.15, -0.1) is 0 Å². The van der Waals surface area contributed by atoms with Gasteiger partial charge in [0.15, 0.2) is 0 Å². The van der Waals surface area contributed by atoms with Crippen LogP contribution < -0.4 is 0 Å². The molecule has 0 radical (unpaired) electrons. The van der Waals surface area contributed by atoms with Gasteiger partial charge in [-0.1, -0.05) is 95.3 Å². The molecule has 0 aliphatic heterocycles. The molecule has 0 spiro atoms. The Kier molecular flexibility index (Phi) is 28.2. The predicted molar refractivity (Wildman–Crippen MR) is 226 cm³/mol. The van der Waals surface area contributed by atoms with E-state index in [9.17, 15) is 24.0 Å². The van der Waals surface area contributed by atoms with Crippen LogP contribution in [0.5, 0.6) is 0 Å². The van der Waals surface area contributed by atoms with Gasteiger partial charge < -0.3 is 29.5 Å². The fourth-order valence-electron chi connectivity index (χ4n) is 2.91. The van der Waals surface area contributed by atoms with Gasteiger partial charge in [0, 0.05) is 0 Å². The molecule has 2 aromatic rings. The van der Waals surface area contributed by atoms with Gasteiger partial charge in [0.1, 0.15) is 19.8 Å². The normalized spacial score (nSPS) is 11.2. The minimum Gasteiger partial charge on any atom is -0.481 e. The first-order chi connectivity index (χ1) is 26.2. The predicted octanol–water partition coefficient (Wildman–Crippen LogP) is 10.3. The summed E-state index contributed by atoms with van der Waals surface area (Å²) in [5.41, 5.74) is -0.214. The second kappa shape index (κ2) is 28.2. The second-order valence-corrected chi connectivity index (χ2v) is 16.8. The zero-order valence-corrected chi connectivity index (χ0v) is 37.7. The summed E-state index contributed by atoms with van der Waals surface area (Å²) in [6, 6.07) is 19.4. The Hall–Kier alpha value is -4.25. The maximum Gasteiger partial charge on any atom is 0.311 e. The van der Waals surface area contributed by atoms with Gasteiger partial charge in [0.2, 0.25) is 0 Å². The number of aliphatic carboxylic acids is 2. The fourth-order valence-corrected chi connectivity index (χ4v) is 2.91. The maximum absolute atomic E-state index is 11.6. The van der Waals surface area contributed by atoms with Crippen molar-refractivity contribution in [3.8, 4) is 0 Å². The van der Waals surface area contributed by atoms with Crippen LogP contribution in [-0.4, -0.2) is 58.4 Å². The summed E-state index contributed by atoms with van der Waals surface area (Å²) in [6.07, 6.45) is 3.70. The number of carbonyl (C=O) groups is 5. The average Bonchev–Trinajstić information content (AvgIpc) is 3.19. The van der Waals surface area contributed by atoms with Crippen molar-refractivity contribution in [1.29, 1.82) is 0 Å². The summed E-state index contributed by atoms with van der Waals surface area (Å²) in [6.45, 7) is 28.5. The zero-order valence-electron chi connectivity index (χ0n) is 37.7. The number of hydrogen-bond acceptors (Lipinski definition) is 9. The number of esters is 3. The molecule has 2 aromatic carbocycles. The number of aliphatic hydroxyl groups is 1. The highest BCUT2D eigenvalue weighted by Crippen LogP contribution is 2.24. The van der Waals surface area contributed by atoms with Crippen LogP contribution in [0.2, 0.25) is 0 Å². The number of aliphatic hydroxyl groups excluding tert-OH is 1. The zero-order chi connectivity index (χ0) is 45.1. The summed E-state index contributed by atoms with van der Waals surface area (Å²) < 4.78 is 15.2.